The van der Waals surface area contributed by atoms with Gasteiger partial charge in [0, 0.05) is 0 Å². The second-order valence-corrected chi connectivity index (χ2v) is 4.38. The summed E-state index contributed by atoms with van der Waals surface area (Å²) in [5.74, 6) is 1.97. The lowest BCUT2D eigenvalue weighted by Gasteiger charge is -2.22. The van der Waals surface area contributed by atoms with Gasteiger partial charge in [-0.3, -0.25) is 0 Å². The van der Waals surface area contributed by atoms with Gasteiger partial charge >= 0.3 is 0 Å². The van der Waals surface area contributed by atoms with Gasteiger partial charge in [-0.15, -0.1) is 0 Å². The van der Waals surface area contributed by atoms with Crippen LogP contribution >= 0.6 is 0 Å². The first-order valence-corrected chi connectivity index (χ1v) is 5.17. The molecule has 1 fully saturated rings. The molecular formula is C11H22. The van der Waals surface area contributed by atoms with Crippen molar-refractivity contribution in [2.45, 2.75) is 53.4 Å². The van der Waals surface area contributed by atoms with Crippen LogP contribution in [0.2, 0.25) is 0 Å². The minimum Gasteiger partial charge on any atom is -0.0654 e. The topological polar surface area (TPSA) is 0 Å². The first-order valence-electron chi connectivity index (χ1n) is 5.17. The number of hydrogen-bond donors (Lipinski definition) is 0. The zero-order valence-corrected chi connectivity index (χ0v) is 8.48. The summed E-state index contributed by atoms with van der Waals surface area (Å²) >= 11 is 0. The van der Waals surface area contributed by atoms with Gasteiger partial charge in [-0.1, -0.05) is 40.5 Å². The van der Waals surface area contributed by atoms with E-state index in [9.17, 15) is 0 Å². The van der Waals surface area contributed by atoms with Crippen LogP contribution in [-0.2, 0) is 0 Å². The monoisotopic (exact) mass is 154 g/mol. The summed E-state index contributed by atoms with van der Waals surface area (Å²) in [6, 6.07) is 0. The molecule has 0 heteroatoms. The molecule has 1 aliphatic rings. The van der Waals surface area contributed by atoms with Crippen LogP contribution in [-0.4, -0.2) is 0 Å². The van der Waals surface area contributed by atoms with Crippen molar-refractivity contribution in [3.05, 3.63) is 0 Å². The van der Waals surface area contributed by atoms with Crippen molar-refractivity contribution in [2.24, 2.45) is 17.3 Å². The molecule has 0 nitrogen and oxygen atoms in total. The van der Waals surface area contributed by atoms with E-state index in [1.165, 1.54) is 25.7 Å². The van der Waals surface area contributed by atoms with Gasteiger partial charge in [-0.25, -0.2) is 0 Å². The molecule has 1 saturated carbocycles. The molecule has 11 heavy (non-hydrogen) atoms. The van der Waals surface area contributed by atoms with Crippen molar-refractivity contribution in [1.29, 1.82) is 0 Å². The molecule has 0 aromatic rings. The third-order valence-electron chi connectivity index (χ3n) is 3.87. The SMILES string of the molecule is CCCC(C)C1(CC)CC1C. The average Bonchev–Trinajstić information content (AvgIpc) is 2.63. The van der Waals surface area contributed by atoms with E-state index in [-0.39, 0.29) is 0 Å². The van der Waals surface area contributed by atoms with Gasteiger partial charge in [-0.2, -0.15) is 0 Å². The summed E-state index contributed by atoms with van der Waals surface area (Å²) in [6.07, 6.45) is 5.67. The summed E-state index contributed by atoms with van der Waals surface area (Å²) in [5.41, 5.74) is 0.760. The number of rotatable bonds is 4. The molecule has 0 saturated heterocycles. The van der Waals surface area contributed by atoms with Crippen molar-refractivity contribution in [3.8, 4) is 0 Å². The van der Waals surface area contributed by atoms with Crippen LogP contribution in [0.3, 0.4) is 0 Å². The molecule has 0 aliphatic heterocycles. The van der Waals surface area contributed by atoms with Crippen LogP contribution in [0.1, 0.15) is 53.4 Å². The third-order valence-corrected chi connectivity index (χ3v) is 3.87. The normalized spacial score (nSPS) is 38.7. The van der Waals surface area contributed by atoms with Gasteiger partial charge in [0.05, 0.1) is 0 Å². The van der Waals surface area contributed by atoms with Crippen LogP contribution in [0.25, 0.3) is 0 Å². The molecule has 0 N–H and O–H groups in total. The van der Waals surface area contributed by atoms with Gasteiger partial charge in [0.15, 0.2) is 0 Å². The van der Waals surface area contributed by atoms with Crippen molar-refractivity contribution in [2.75, 3.05) is 0 Å². The highest BCUT2D eigenvalue weighted by Crippen LogP contribution is 2.60. The van der Waals surface area contributed by atoms with E-state index >= 15 is 0 Å². The predicted octanol–water partition coefficient (Wildman–Crippen LogP) is 3.86. The molecule has 3 unspecified atom stereocenters. The highest BCUT2D eigenvalue weighted by Gasteiger charge is 2.52. The average molecular weight is 154 g/mol. The highest BCUT2D eigenvalue weighted by atomic mass is 14.6. The summed E-state index contributed by atoms with van der Waals surface area (Å²) < 4.78 is 0. The fourth-order valence-corrected chi connectivity index (χ4v) is 2.76. The molecule has 0 heterocycles. The van der Waals surface area contributed by atoms with Gasteiger partial charge in [0.25, 0.3) is 0 Å². The fraction of sp³-hybridized carbons (Fsp3) is 1.00. The minimum absolute atomic E-state index is 0.760. The lowest BCUT2D eigenvalue weighted by molar-refractivity contribution is 0.278. The number of hydrogen-bond acceptors (Lipinski definition) is 0. The maximum absolute atomic E-state index is 2.44. The molecule has 1 rings (SSSR count). The first-order chi connectivity index (χ1) is 5.17. The Bertz CT molecular complexity index is 124. The zero-order valence-electron chi connectivity index (χ0n) is 8.48. The molecule has 66 valence electrons. The van der Waals surface area contributed by atoms with Crippen LogP contribution in [0, 0.1) is 17.3 Å². The van der Waals surface area contributed by atoms with Gasteiger partial charge in [0.1, 0.15) is 0 Å². The Labute approximate surface area is 71.4 Å². The molecule has 1 aliphatic carbocycles. The largest absolute Gasteiger partial charge is 0.0654 e. The molecule has 0 spiro atoms. The van der Waals surface area contributed by atoms with E-state index in [0.29, 0.717) is 0 Å². The van der Waals surface area contributed by atoms with Crippen molar-refractivity contribution >= 4 is 0 Å². The van der Waals surface area contributed by atoms with Gasteiger partial charge in [0.2, 0.25) is 0 Å². The van der Waals surface area contributed by atoms with E-state index in [2.05, 4.69) is 27.7 Å². The summed E-state index contributed by atoms with van der Waals surface area (Å²) in [6.45, 7) is 9.51. The Balaban J connectivity index is 2.44. The predicted molar refractivity (Wildman–Crippen MR) is 50.6 cm³/mol. The van der Waals surface area contributed by atoms with E-state index in [1.54, 1.807) is 0 Å². The second kappa shape index (κ2) is 3.16. The quantitative estimate of drug-likeness (QED) is 0.577. The molecule has 3 atom stereocenters. The van der Waals surface area contributed by atoms with Gasteiger partial charge in [-0.05, 0) is 30.1 Å². The van der Waals surface area contributed by atoms with E-state index in [0.717, 1.165) is 17.3 Å². The Kier molecular flexibility index (Phi) is 2.61. The summed E-state index contributed by atoms with van der Waals surface area (Å²) in [7, 11) is 0. The molecule has 0 radical (unpaired) electrons. The Hall–Kier alpha value is 0. The van der Waals surface area contributed by atoms with E-state index in [4.69, 9.17) is 0 Å². The second-order valence-electron chi connectivity index (χ2n) is 4.38. The lowest BCUT2D eigenvalue weighted by Crippen LogP contribution is -2.13. The maximum atomic E-state index is 2.44. The molecule has 0 aromatic heterocycles. The third kappa shape index (κ3) is 1.45. The smallest absolute Gasteiger partial charge is 0.0246 e. The lowest BCUT2D eigenvalue weighted by atomic mass is 9.83. The molecule has 0 aromatic carbocycles. The minimum atomic E-state index is 0.760. The Morgan fingerprint density at radius 2 is 2.00 bits per heavy atom. The Morgan fingerprint density at radius 1 is 1.45 bits per heavy atom. The zero-order chi connectivity index (χ0) is 8.48. The van der Waals surface area contributed by atoms with Crippen LogP contribution in [0.5, 0.6) is 0 Å². The molecular weight excluding hydrogens is 132 g/mol. The van der Waals surface area contributed by atoms with E-state index in [1.807, 2.05) is 0 Å². The van der Waals surface area contributed by atoms with Gasteiger partial charge < -0.3 is 0 Å². The van der Waals surface area contributed by atoms with Crippen LogP contribution in [0.4, 0.5) is 0 Å². The Morgan fingerprint density at radius 3 is 2.27 bits per heavy atom. The van der Waals surface area contributed by atoms with Crippen molar-refractivity contribution in [3.63, 3.8) is 0 Å². The van der Waals surface area contributed by atoms with Crippen molar-refractivity contribution in [1.82, 2.24) is 0 Å². The summed E-state index contributed by atoms with van der Waals surface area (Å²) in [4.78, 5) is 0. The summed E-state index contributed by atoms with van der Waals surface area (Å²) in [5, 5.41) is 0. The van der Waals surface area contributed by atoms with E-state index < -0.39 is 0 Å². The highest BCUT2D eigenvalue weighted by molar-refractivity contribution is 5.01. The van der Waals surface area contributed by atoms with Crippen LogP contribution < -0.4 is 0 Å². The molecule has 0 bridgehead atoms. The van der Waals surface area contributed by atoms with Crippen LogP contribution in [0.15, 0.2) is 0 Å². The molecule has 0 amide bonds. The standard InChI is InChI=1S/C11H22/c1-5-7-9(3)11(6-2)8-10(11)4/h9-10H,5-8H2,1-4H3. The first kappa shape index (κ1) is 9.09. The maximum Gasteiger partial charge on any atom is -0.0246 e. The van der Waals surface area contributed by atoms with Crippen molar-refractivity contribution < 1.29 is 0 Å². The fourth-order valence-electron chi connectivity index (χ4n) is 2.76.